The summed E-state index contributed by atoms with van der Waals surface area (Å²) in [5.74, 6) is 0.280. The van der Waals surface area contributed by atoms with E-state index in [1.165, 1.54) is 24.9 Å². The molecule has 4 unspecified atom stereocenters. The molecule has 1 amide bonds. The maximum absolute atomic E-state index is 12.7. The average molecular weight is 305 g/mol. The fourth-order valence-corrected chi connectivity index (χ4v) is 4.95. The minimum Gasteiger partial charge on any atom is -0.318 e. The summed E-state index contributed by atoms with van der Waals surface area (Å²) in [6.07, 6.45) is 4.99. The van der Waals surface area contributed by atoms with Crippen molar-refractivity contribution >= 4 is 17.2 Å². The van der Waals surface area contributed by atoms with Crippen LogP contribution in [0.5, 0.6) is 0 Å². The predicted octanol–water partition coefficient (Wildman–Crippen LogP) is 2.19. The second-order valence-corrected chi connectivity index (χ2v) is 7.38. The molecule has 0 bridgehead atoms. The van der Waals surface area contributed by atoms with E-state index in [4.69, 9.17) is 0 Å². The highest BCUT2D eigenvalue weighted by molar-refractivity contribution is 7.07. The van der Waals surface area contributed by atoms with Gasteiger partial charge in [-0.15, -0.1) is 0 Å². The van der Waals surface area contributed by atoms with Gasteiger partial charge in [0.25, 0.3) is 0 Å². The second-order valence-electron chi connectivity index (χ2n) is 6.60. The first-order valence-electron chi connectivity index (χ1n) is 8.08. The van der Waals surface area contributed by atoms with Crippen molar-refractivity contribution in [3.8, 4) is 0 Å². The molecular weight excluding hydrogens is 282 g/mol. The Balaban J connectivity index is 1.57. The highest BCUT2D eigenvalue weighted by atomic mass is 32.1. The highest BCUT2D eigenvalue weighted by Gasteiger charge is 2.44. The van der Waals surface area contributed by atoms with Crippen molar-refractivity contribution < 1.29 is 4.79 Å². The Kier molecular flexibility index (Phi) is 3.52. The molecule has 3 aliphatic rings. The van der Waals surface area contributed by atoms with Gasteiger partial charge in [0.15, 0.2) is 0 Å². The molecule has 3 saturated heterocycles. The van der Waals surface area contributed by atoms with Gasteiger partial charge in [0.2, 0.25) is 5.91 Å². The zero-order valence-corrected chi connectivity index (χ0v) is 13.3. The van der Waals surface area contributed by atoms with Crippen molar-refractivity contribution in [1.29, 1.82) is 0 Å². The van der Waals surface area contributed by atoms with Gasteiger partial charge in [0.1, 0.15) is 6.17 Å². The number of hydrogen-bond acceptors (Lipinski definition) is 4. The number of amides is 1. The zero-order valence-electron chi connectivity index (χ0n) is 12.5. The third-order valence-electron chi connectivity index (χ3n) is 5.36. The number of thiophene rings is 1. The quantitative estimate of drug-likeness (QED) is 0.910. The topological polar surface area (TPSA) is 35.6 Å². The third kappa shape index (κ3) is 2.31. The van der Waals surface area contributed by atoms with Crippen LogP contribution in [0.15, 0.2) is 16.8 Å². The molecule has 4 nitrogen and oxygen atoms in total. The van der Waals surface area contributed by atoms with Gasteiger partial charge in [-0.25, -0.2) is 0 Å². The van der Waals surface area contributed by atoms with E-state index < -0.39 is 0 Å². The molecule has 3 aliphatic heterocycles. The van der Waals surface area contributed by atoms with E-state index in [0.717, 1.165) is 19.4 Å². The lowest BCUT2D eigenvalue weighted by molar-refractivity contribution is -0.133. The number of nitrogens with zero attached hydrogens (tertiary/aromatic N) is 2. The molecule has 0 spiro atoms. The minimum absolute atomic E-state index is 0.0588. The number of carbonyl (C=O) groups excluding carboxylic acids is 1. The molecule has 1 aromatic rings. The Morgan fingerprint density at radius 3 is 3.00 bits per heavy atom. The number of rotatable bonds is 2. The first kappa shape index (κ1) is 13.7. The van der Waals surface area contributed by atoms with E-state index >= 15 is 0 Å². The highest BCUT2D eigenvalue weighted by Crippen LogP contribution is 2.36. The molecule has 0 aliphatic carbocycles. The van der Waals surface area contributed by atoms with E-state index in [9.17, 15) is 4.79 Å². The standard InChI is InChI=1S/C16H23N3OS/c1-11-16(20)19(15(17-11)12-5-8-21-10-12)14-4-7-18-6-2-3-13(18)9-14/h5,8,10-11,13-15,17H,2-4,6-7,9H2,1H3. The van der Waals surface area contributed by atoms with Gasteiger partial charge in [-0.3, -0.25) is 10.1 Å². The number of carbonyl (C=O) groups is 1. The molecular formula is C16H23N3OS. The van der Waals surface area contributed by atoms with Crippen LogP contribution in [0.2, 0.25) is 0 Å². The van der Waals surface area contributed by atoms with Crippen LogP contribution in [0.1, 0.15) is 44.3 Å². The molecule has 4 heterocycles. The van der Waals surface area contributed by atoms with Gasteiger partial charge in [-0.1, -0.05) is 0 Å². The maximum Gasteiger partial charge on any atom is 0.241 e. The number of hydrogen-bond donors (Lipinski definition) is 1. The Bertz CT molecular complexity index is 518. The summed E-state index contributed by atoms with van der Waals surface area (Å²) in [4.78, 5) is 17.4. The number of piperidine rings is 1. The number of nitrogens with one attached hydrogen (secondary N) is 1. The Morgan fingerprint density at radius 1 is 1.29 bits per heavy atom. The predicted molar refractivity (Wildman–Crippen MR) is 84.1 cm³/mol. The van der Waals surface area contributed by atoms with Crippen LogP contribution in [-0.2, 0) is 4.79 Å². The van der Waals surface area contributed by atoms with Crippen LogP contribution in [0.25, 0.3) is 0 Å². The van der Waals surface area contributed by atoms with E-state index in [1.807, 2.05) is 6.92 Å². The molecule has 1 aromatic heterocycles. The van der Waals surface area contributed by atoms with Gasteiger partial charge < -0.3 is 9.80 Å². The molecule has 114 valence electrons. The monoisotopic (exact) mass is 305 g/mol. The zero-order chi connectivity index (χ0) is 14.4. The Labute approximate surface area is 130 Å². The van der Waals surface area contributed by atoms with E-state index in [0.29, 0.717) is 12.1 Å². The second kappa shape index (κ2) is 5.38. The summed E-state index contributed by atoms with van der Waals surface area (Å²) in [6, 6.07) is 3.19. The molecule has 1 N–H and O–H groups in total. The van der Waals surface area contributed by atoms with Crippen LogP contribution in [0.3, 0.4) is 0 Å². The van der Waals surface area contributed by atoms with Gasteiger partial charge in [-0.2, -0.15) is 11.3 Å². The summed E-state index contributed by atoms with van der Waals surface area (Å²) in [5, 5.41) is 7.75. The number of fused-ring (bicyclic) bond motifs is 1. The molecule has 4 rings (SSSR count). The van der Waals surface area contributed by atoms with E-state index in [-0.39, 0.29) is 18.1 Å². The molecule has 4 atom stereocenters. The van der Waals surface area contributed by atoms with Crippen molar-refractivity contribution in [2.24, 2.45) is 0 Å². The average Bonchev–Trinajstić information content (AvgIpc) is 3.20. The fourth-order valence-electron chi connectivity index (χ4n) is 4.27. The summed E-state index contributed by atoms with van der Waals surface area (Å²) in [7, 11) is 0. The van der Waals surface area contributed by atoms with Gasteiger partial charge in [-0.05, 0) is 61.5 Å². The van der Waals surface area contributed by atoms with E-state index in [1.54, 1.807) is 11.3 Å². The Morgan fingerprint density at radius 2 is 2.19 bits per heavy atom. The van der Waals surface area contributed by atoms with Crippen LogP contribution < -0.4 is 5.32 Å². The summed E-state index contributed by atoms with van der Waals surface area (Å²) in [5.41, 5.74) is 1.24. The molecule has 0 saturated carbocycles. The van der Waals surface area contributed by atoms with Gasteiger partial charge in [0, 0.05) is 18.6 Å². The lowest BCUT2D eigenvalue weighted by Gasteiger charge is -2.41. The SMILES string of the molecule is CC1NC(c2ccsc2)N(C2CCN3CCCC3C2)C1=O. The first-order chi connectivity index (χ1) is 10.2. The van der Waals surface area contributed by atoms with Crippen LogP contribution in [0.4, 0.5) is 0 Å². The molecule has 21 heavy (non-hydrogen) atoms. The normalized spacial score (nSPS) is 37.2. The minimum atomic E-state index is -0.0588. The summed E-state index contributed by atoms with van der Waals surface area (Å²) < 4.78 is 0. The van der Waals surface area contributed by atoms with E-state index in [2.05, 4.69) is 31.9 Å². The third-order valence-corrected chi connectivity index (χ3v) is 6.06. The lowest BCUT2D eigenvalue weighted by atomic mass is 9.95. The Hall–Kier alpha value is -0.910. The largest absolute Gasteiger partial charge is 0.318 e. The smallest absolute Gasteiger partial charge is 0.241 e. The van der Waals surface area contributed by atoms with Gasteiger partial charge >= 0.3 is 0 Å². The lowest BCUT2D eigenvalue weighted by Crippen LogP contribution is -2.49. The molecule has 0 radical (unpaired) electrons. The maximum atomic E-state index is 12.7. The first-order valence-corrected chi connectivity index (χ1v) is 9.02. The summed E-state index contributed by atoms with van der Waals surface area (Å²) >= 11 is 1.71. The van der Waals surface area contributed by atoms with Gasteiger partial charge in [0.05, 0.1) is 6.04 Å². The van der Waals surface area contributed by atoms with Crippen molar-refractivity contribution in [3.63, 3.8) is 0 Å². The van der Waals surface area contributed by atoms with Crippen molar-refractivity contribution in [3.05, 3.63) is 22.4 Å². The fraction of sp³-hybridized carbons (Fsp3) is 0.688. The van der Waals surface area contributed by atoms with Crippen LogP contribution in [-0.4, -0.2) is 46.9 Å². The molecule has 0 aromatic carbocycles. The summed E-state index contributed by atoms with van der Waals surface area (Å²) in [6.45, 7) is 4.41. The molecule has 5 heteroatoms. The molecule has 3 fully saturated rings. The van der Waals surface area contributed by atoms with Crippen molar-refractivity contribution in [2.45, 2.75) is 56.9 Å². The van der Waals surface area contributed by atoms with Crippen LogP contribution in [0, 0.1) is 0 Å². The van der Waals surface area contributed by atoms with Crippen molar-refractivity contribution in [2.75, 3.05) is 13.1 Å². The van der Waals surface area contributed by atoms with Crippen molar-refractivity contribution in [1.82, 2.24) is 15.1 Å². The van der Waals surface area contributed by atoms with Crippen LogP contribution >= 0.6 is 11.3 Å².